The second-order valence-corrected chi connectivity index (χ2v) is 5.14. The highest BCUT2D eigenvalue weighted by Gasteiger charge is 1.92. The minimum absolute atomic E-state index is 0. The van der Waals surface area contributed by atoms with Crippen LogP contribution in [0.15, 0.2) is 12.2 Å². The van der Waals surface area contributed by atoms with E-state index < -0.39 is 0 Å². The quantitative estimate of drug-likeness (QED) is 0.573. The summed E-state index contributed by atoms with van der Waals surface area (Å²) in [5.74, 6) is 0. The molecule has 0 saturated carbocycles. The zero-order chi connectivity index (χ0) is 13.5. The van der Waals surface area contributed by atoms with Crippen LogP contribution in [0, 0.1) is 0 Å². The lowest BCUT2D eigenvalue weighted by molar-refractivity contribution is 0.321. The van der Waals surface area contributed by atoms with Gasteiger partial charge >= 0.3 is 0 Å². The number of hydrogen-bond acceptors (Lipinski definition) is 1. The van der Waals surface area contributed by atoms with Crippen molar-refractivity contribution in [2.24, 2.45) is 0 Å². The van der Waals surface area contributed by atoms with Gasteiger partial charge in [0, 0.05) is 0 Å². The fourth-order valence-corrected chi connectivity index (χ4v) is 2.31. The summed E-state index contributed by atoms with van der Waals surface area (Å²) in [6.45, 7) is 10.1. The topological polar surface area (TPSA) is 3.24 Å². The first-order chi connectivity index (χ1) is 8.85. The van der Waals surface area contributed by atoms with Crippen LogP contribution in [-0.2, 0) is 0 Å². The maximum absolute atomic E-state index is 2.38. The average molecular weight is 334 g/mol. The van der Waals surface area contributed by atoms with Gasteiger partial charge in [-0.2, -0.15) is 0 Å². The zero-order valence-corrected chi connectivity index (χ0v) is 15.2. The van der Waals surface area contributed by atoms with E-state index in [1.54, 1.807) is 0 Å². The van der Waals surface area contributed by atoms with Gasteiger partial charge in [-0.15, -0.1) is 17.0 Å². The minimum Gasteiger partial charge on any atom is -0.304 e. The summed E-state index contributed by atoms with van der Waals surface area (Å²) < 4.78 is 0. The molecule has 0 N–H and O–H groups in total. The van der Waals surface area contributed by atoms with Crippen LogP contribution >= 0.6 is 17.0 Å². The molecular formula is C17H36BrN. The molecule has 116 valence electrons. The van der Waals surface area contributed by atoms with E-state index in [1.807, 2.05) is 0 Å². The Hall–Kier alpha value is 0.180. The maximum Gasteiger partial charge on any atom is -0.00474 e. The summed E-state index contributed by atoms with van der Waals surface area (Å²) >= 11 is 0. The number of nitrogens with zero attached hydrogens (tertiary/aromatic N) is 1. The van der Waals surface area contributed by atoms with Gasteiger partial charge in [-0.25, -0.2) is 0 Å². The first-order valence-corrected chi connectivity index (χ1v) is 8.22. The van der Waals surface area contributed by atoms with Crippen LogP contribution in [0.3, 0.4) is 0 Å². The fourth-order valence-electron chi connectivity index (χ4n) is 2.31. The Bertz CT molecular complexity index is 159. The molecule has 1 aliphatic carbocycles. The van der Waals surface area contributed by atoms with Crippen LogP contribution in [0.1, 0.15) is 78.6 Å². The fraction of sp³-hybridized carbons (Fsp3) is 0.882. The van der Waals surface area contributed by atoms with Gasteiger partial charge in [0.15, 0.2) is 0 Å². The number of allylic oxidation sites excluding steroid dienone is 2. The van der Waals surface area contributed by atoms with Crippen LogP contribution in [0.4, 0.5) is 0 Å². The van der Waals surface area contributed by atoms with Crippen molar-refractivity contribution < 1.29 is 0 Å². The molecule has 2 heteroatoms. The molecule has 0 saturated heterocycles. The Morgan fingerprint density at radius 3 is 1.21 bits per heavy atom. The van der Waals surface area contributed by atoms with Crippen LogP contribution in [0.5, 0.6) is 0 Å². The highest BCUT2D eigenvalue weighted by atomic mass is 79.9. The molecule has 0 fully saturated rings. The monoisotopic (exact) mass is 333 g/mol. The molecule has 0 aromatic carbocycles. The molecule has 0 aromatic rings. The number of hydrogen-bond donors (Lipinski definition) is 0. The van der Waals surface area contributed by atoms with E-state index in [4.69, 9.17) is 0 Å². The third-order valence-corrected chi connectivity index (χ3v) is 3.75. The van der Waals surface area contributed by atoms with Gasteiger partial charge in [0.2, 0.25) is 0 Å². The Kier molecular flexibility index (Phi) is 20.6. The third-order valence-electron chi connectivity index (χ3n) is 3.75. The highest BCUT2D eigenvalue weighted by molar-refractivity contribution is 8.93. The second-order valence-electron chi connectivity index (χ2n) is 5.14. The minimum atomic E-state index is 0. The predicted molar refractivity (Wildman–Crippen MR) is 94.5 cm³/mol. The average Bonchev–Trinajstić information content (AvgIpc) is 2.47. The Morgan fingerprint density at radius 2 is 0.947 bits per heavy atom. The van der Waals surface area contributed by atoms with E-state index >= 15 is 0 Å². The van der Waals surface area contributed by atoms with E-state index in [2.05, 4.69) is 37.8 Å². The molecule has 1 rings (SSSR count). The third kappa shape index (κ3) is 16.1. The lowest BCUT2D eigenvalue weighted by atomic mass is 10.1. The molecule has 19 heavy (non-hydrogen) atoms. The standard InChI is InChI=1S/C11H20.C6H15N.BrH/c1-2-4-6-8-10-11-9-7-5-3-1;1-4-7(5-2)6-3;/h1-2H,3-11H2;4-6H2,1-3H3;1H. The van der Waals surface area contributed by atoms with Crippen molar-refractivity contribution in [1.82, 2.24) is 4.90 Å². The van der Waals surface area contributed by atoms with Crippen molar-refractivity contribution in [2.75, 3.05) is 19.6 Å². The molecule has 0 heterocycles. The van der Waals surface area contributed by atoms with Crippen molar-refractivity contribution in [3.8, 4) is 0 Å². The first kappa shape index (κ1) is 21.5. The molecule has 0 bridgehead atoms. The maximum atomic E-state index is 2.38. The number of halogens is 1. The van der Waals surface area contributed by atoms with Gasteiger partial charge < -0.3 is 4.90 Å². The molecule has 0 atom stereocenters. The van der Waals surface area contributed by atoms with Gasteiger partial charge in [0.05, 0.1) is 0 Å². The van der Waals surface area contributed by atoms with Gasteiger partial charge in [0.25, 0.3) is 0 Å². The molecule has 0 radical (unpaired) electrons. The Labute approximate surface area is 132 Å². The molecule has 0 unspecified atom stereocenters. The normalized spacial score (nSPS) is 16.8. The van der Waals surface area contributed by atoms with E-state index in [0.717, 1.165) is 0 Å². The van der Waals surface area contributed by atoms with Crippen molar-refractivity contribution in [3.63, 3.8) is 0 Å². The second kappa shape index (κ2) is 18.2. The molecule has 1 nitrogen and oxygen atoms in total. The van der Waals surface area contributed by atoms with Crippen LogP contribution in [0.25, 0.3) is 0 Å². The van der Waals surface area contributed by atoms with E-state index in [9.17, 15) is 0 Å². The van der Waals surface area contributed by atoms with Crippen molar-refractivity contribution >= 4 is 17.0 Å². The summed E-state index contributed by atoms with van der Waals surface area (Å²) in [5, 5.41) is 0. The Morgan fingerprint density at radius 1 is 0.632 bits per heavy atom. The van der Waals surface area contributed by atoms with Crippen LogP contribution in [0.2, 0.25) is 0 Å². The van der Waals surface area contributed by atoms with Crippen molar-refractivity contribution in [2.45, 2.75) is 78.6 Å². The molecular weight excluding hydrogens is 298 g/mol. The van der Waals surface area contributed by atoms with Gasteiger partial charge in [-0.1, -0.05) is 65.0 Å². The molecule has 0 aromatic heterocycles. The summed E-state index contributed by atoms with van der Waals surface area (Å²) in [4.78, 5) is 2.38. The smallest absolute Gasteiger partial charge is 0.00474 e. The highest BCUT2D eigenvalue weighted by Crippen LogP contribution is 2.12. The van der Waals surface area contributed by atoms with E-state index in [0.29, 0.717) is 0 Å². The zero-order valence-electron chi connectivity index (χ0n) is 13.5. The van der Waals surface area contributed by atoms with Crippen LogP contribution in [-0.4, -0.2) is 24.5 Å². The van der Waals surface area contributed by atoms with Gasteiger partial charge in [-0.05, 0) is 45.3 Å². The molecule has 0 spiro atoms. The van der Waals surface area contributed by atoms with Crippen molar-refractivity contribution in [3.05, 3.63) is 12.2 Å². The summed E-state index contributed by atoms with van der Waals surface area (Å²) in [7, 11) is 0. The van der Waals surface area contributed by atoms with E-state index in [1.165, 1.54) is 77.4 Å². The van der Waals surface area contributed by atoms with Gasteiger partial charge in [-0.3, -0.25) is 0 Å². The summed E-state index contributed by atoms with van der Waals surface area (Å²) in [6.07, 6.45) is 17.5. The largest absolute Gasteiger partial charge is 0.304 e. The first-order valence-electron chi connectivity index (χ1n) is 8.22. The number of rotatable bonds is 3. The Balaban J connectivity index is 0. The SMILES string of the molecule is Br.C1=CCCCCCCCCC1.CCN(CC)CC. The lowest BCUT2D eigenvalue weighted by Gasteiger charge is -2.13. The lowest BCUT2D eigenvalue weighted by Crippen LogP contribution is -2.21. The van der Waals surface area contributed by atoms with Crippen LogP contribution < -0.4 is 0 Å². The van der Waals surface area contributed by atoms with E-state index in [-0.39, 0.29) is 17.0 Å². The summed E-state index contributed by atoms with van der Waals surface area (Å²) in [6, 6.07) is 0. The molecule has 1 aliphatic rings. The molecule has 0 amide bonds. The van der Waals surface area contributed by atoms with Crippen molar-refractivity contribution in [1.29, 1.82) is 0 Å². The molecule has 0 aliphatic heterocycles. The van der Waals surface area contributed by atoms with Gasteiger partial charge in [0.1, 0.15) is 0 Å². The predicted octanol–water partition coefficient (Wildman–Crippen LogP) is 5.99. The summed E-state index contributed by atoms with van der Waals surface area (Å²) in [5.41, 5.74) is 0.